The lowest BCUT2D eigenvalue weighted by atomic mass is 10.0. The molecule has 1 aromatic heterocycles. The molecule has 106 valence electrons. The SMILES string of the molecule is CCn1cc(N2CCNC(Cc3ccccc3)C2)cn1. The van der Waals surface area contributed by atoms with Gasteiger partial charge in [-0.2, -0.15) is 5.10 Å². The summed E-state index contributed by atoms with van der Waals surface area (Å²) >= 11 is 0. The van der Waals surface area contributed by atoms with Crippen LogP contribution in [0.4, 0.5) is 5.69 Å². The smallest absolute Gasteiger partial charge is 0.0753 e. The van der Waals surface area contributed by atoms with Gasteiger partial charge in [0.05, 0.1) is 11.9 Å². The van der Waals surface area contributed by atoms with Crippen LogP contribution in [0.2, 0.25) is 0 Å². The summed E-state index contributed by atoms with van der Waals surface area (Å²) in [5.41, 5.74) is 2.64. The van der Waals surface area contributed by atoms with Gasteiger partial charge in [-0.25, -0.2) is 0 Å². The molecule has 0 saturated carbocycles. The molecule has 2 heterocycles. The first kappa shape index (κ1) is 13.2. The Morgan fingerprint density at radius 1 is 1.30 bits per heavy atom. The van der Waals surface area contributed by atoms with E-state index in [1.165, 1.54) is 11.3 Å². The van der Waals surface area contributed by atoms with Crippen molar-refractivity contribution in [1.82, 2.24) is 15.1 Å². The Morgan fingerprint density at radius 2 is 2.15 bits per heavy atom. The topological polar surface area (TPSA) is 33.1 Å². The minimum atomic E-state index is 0.510. The van der Waals surface area contributed by atoms with E-state index in [1.807, 2.05) is 10.9 Å². The van der Waals surface area contributed by atoms with Crippen LogP contribution in [-0.2, 0) is 13.0 Å². The summed E-state index contributed by atoms with van der Waals surface area (Å²) in [7, 11) is 0. The quantitative estimate of drug-likeness (QED) is 0.921. The second-order valence-corrected chi connectivity index (χ2v) is 5.34. The minimum absolute atomic E-state index is 0.510. The normalized spacial score (nSPS) is 19.2. The molecule has 0 spiro atoms. The molecule has 1 atom stereocenters. The highest BCUT2D eigenvalue weighted by atomic mass is 15.3. The van der Waals surface area contributed by atoms with Crippen LogP contribution in [0.3, 0.4) is 0 Å². The van der Waals surface area contributed by atoms with E-state index in [2.05, 4.69) is 58.8 Å². The average Bonchev–Trinajstić information content (AvgIpc) is 2.98. The van der Waals surface area contributed by atoms with Gasteiger partial charge in [-0.15, -0.1) is 0 Å². The maximum atomic E-state index is 4.37. The third-order valence-electron chi connectivity index (χ3n) is 3.89. The average molecular weight is 270 g/mol. The first-order valence-corrected chi connectivity index (χ1v) is 7.40. The predicted molar refractivity (Wildman–Crippen MR) is 82.1 cm³/mol. The Morgan fingerprint density at radius 3 is 2.90 bits per heavy atom. The number of hydrogen-bond donors (Lipinski definition) is 1. The van der Waals surface area contributed by atoms with Crippen LogP contribution >= 0.6 is 0 Å². The van der Waals surface area contributed by atoms with Crippen molar-refractivity contribution in [3.63, 3.8) is 0 Å². The Bertz CT molecular complexity index is 534. The highest BCUT2D eigenvalue weighted by molar-refractivity contribution is 5.43. The first-order valence-electron chi connectivity index (χ1n) is 7.40. The van der Waals surface area contributed by atoms with E-state index in [4.69, 9.17) is 0 Å². The molecule has 20 heavy (non-hydrogen) atoms. The summed E-state index contributed by atoms with van der Waals surface area (Å²) < 4.78 is 1.99. The van der Waals surface area contributed by atoms with Gasteiger partial charge in [-0.1, -0.05) is 30.3 Å². The van der Waals surface area contributed by atoms with E-state index in [9.17, 15) is 0 Å². The number of nitrogens with one attached hydrogen (secondary N) is 1. The largest absolute Gasteiger partial charge is 0.366 e. The Hall–Kier alpha value is -1.81. The summed E-state index contributed by atoms with van der Waals surface area (Å²) in [6, 6.07) is 11.2. The van der Waals surface area contributed by atoms with Crippen molar-refractivity contribution in [2.45, 2.75) is 25.9 Å². The molecule has 1 aliphatic heterocycles. The molecule has 1 unspecified atom stereocenters. The monoisotopic (exact) mass is 270 g/mol. The van der Waals surface area contributed by atoms with Crippen LogP contribution in [0, 0.1) is 0 Å². The Balaban J connectivity index is 1.64. The highest BCUT2D eigenvalue weighted by Gasteiger charge is 2.20. The van der Waals surface area contributed by atoms with Crippen LogP contribution in [0.1, 0.15) is 12.5 Å². The summed E-state index contributed by atoms with van der Waals surface area (Å²) in [6.07, 6.45) is 5.21. The molecule has 4 heteroatoms. The van der Waals surface area contributed by atoms with Crippen LogP contribution in [0.15, 0.2) is 42.7 Å². The van der Waals surface area contributed by atoms with Crippen molar-refractivity contribution < 1.29 is 0 Å². The Kier molecular flexibility index (Phi) is 4.02. The fourth-order valence-electron chi connectivity index (χ4n) is 2.78. The number of aromatic nitrogens is 2. The summed E-state index contributed by atoms with van der Waals surface area (Å²) in [5, 5.41) is 7.99. The lowest BCUT2D eigenvalue weighted by Gasteiger charge is -2.34. The summed E-state index contributed by atoms with van der Waals surface area (Å²) in [4.78, 5) is 2.43. The van der Waals surface area contributed by atoms with Gasteiger partial charge in [-0.3, -0.25) is 4.68 Å². The van der Waals surface area contributed by atoms with Crippen molar-refractivity contribution in [1.29, 1.82) is 0 Å². The molecule has 1 fully saturated rings. The second-order valence-electron chi connectivity index (χ2n) is 5.34. The summed E-state index contributed by atoms with van der Waals surface area (Å²) in [6.45, 7) is 6.19. The number of hydrogen-bond acceptors (Lipinski definition) is 3. The molecule has 0 radical (unpaired) electrons. The molecule has 3 rings (SSSR count). The van der Waals surface area contributed by atoms with Gasteiger partial charge in [0.25, 0.3) is 0 Å². The number of benzene rings is 1. The number of aryl methyl sites for hydroxylation is 1. The number of anilines is 1. The molecule has 1 aromatic carbocycles. The van der Waals surface area contributed by atoms with Gasteiger partial charge in [0.1, 0.15) is 0 Å². The molecule has 0 aliphatic carbocycles. The number of piperazine rings is 1. The van der Waals surface area contributed by atoms with E-state index in [0.717, 1.165) is 32.6 Å². The van der Waals surface area contributed by atoms with Crippen molar-refractivity contribution in [2.24, 2.45) is 0 Å². The van der Waals surface area contributed by atoms with Crippen LogP contribution < -0.4 is 10.2 Å². The van der Waals surface area contributed by atoms with Gasteiger partial charge in [-0.05, 0) is 18.9 Å². The molecular formula is C16H22N4. The van der Waals surface area contributed by atoms with Gasteiger partial charge < -0.3 is 10.2 Å². The maximum absolute atomic E-state index is 4.37. The zero-order chi connectivity index (χ0) is 13.8. The van der Waals surface area contributed by atoms with Gasteiger partial charge >= 0.3 is 0 Å². The molecule has 4 nitrogen and oxygen atoms in total. The van der Waals surface area contributed by atoms with Crippen LogP contribution in [-0.4, -0.2) is 35.5 Å². The Labute approximate surface area is 120 Å². The molecule has 1 saturated heterocycles. The molecule has 1 N–H and O–H groups in total. The highest BCUT2D eigenvalue weighted by Crippen LogP contribution is 2.16. The van der Waals surface area contributed by atoms with E-state index in [0.29, 0.717) is 6.04 Å². The van der Waals surface area contributed by atoms with Gasteiger partial charge in [0.2, 0.25) is 0 Å². The fraction of sp³-hybridized carbons (Fsp3) is 0.438. The first-order chi connectivity index (χ1) is 9.85. The van der Waals surface area contributed by atoms with Crippen LogP contribution in [0.25, 0.3) is 0 Å². The second kappa shape index (κ2) is 6.09. The van der Waals surface area contributed by atoms with Gasteiger partial charge in [0, 0.05) is 38.4 Å². The molecule has 0 bridgehead atoms. The third-order valence-corrected chi connectivity index (χ3v) is 3.89. The predicted octanol–water partition coefficient (Wildman–Crippen LogP) is 1.92. The molecular weight excluding hydrogens is 248 g/mol. The van der Waals surface area contributed by atoms with E-state index < -0.39 is 0 Å². The molecule has 0 amide bonds. The third kappa shape index (κ3) is 3.02. The van der Waals surface area contributed by atoms with Crippen molar-refractivity contribution in [3.8, 4) is 0 Å². The summed E-state index contributed by atoms with van der Waals surface area (Å²) in [5.74, 6) is 0. The number of rotatable bonds is 4. The zero-order valence-electron chi connectivity index (χ0n) is 12.0. The maximum Gasteiger partial charge on any atom is 0.0753 e. The van der Waals surface area contributed by atoms with Crippen molar-refractivity contribution in [3.05, 3.63) is 48.3 Å². The van der Waals surface area contributed by atoms with E-state index in [-0.39, 0.29) is 0 Å². The zero-order valence-corrected chi connectivity index (χ0v) is 12.0. The van der Waals surface area contributed by atoms with E-state index >= 15 is 0 Å². The van der Waals surface area contributed by atoms with E-state index in [1.54, 1.807) is 0 Å². The lowest BCUT2D eigenvalue weighted by molar-refractivity contribution is 0.454. The molecule has 2 aromatic rings. The molecule has 1 aliphatic rings. The van der Waals surface area contributed by atoms with Crippen LogP contribution in [0.5, 0.6) is 0 Å². The minimum Gasteiger partial charge on any atom is -0.366 e. The van der Waals surface area contributed by atoms with Crippen molar-refractivity contribution >= 4 is 5.69 Å². The lowest BCUT2D eigenvalue weighted by Crippen LogP contribution is -2.51. The fourth-order valence-corrected chi connectivity index (χ4v) is 2.78. The standard InChI is InChI=1S/C16H22N4/c1-2-20-13-16(11-18-20)19-9-8-17-15(12-19)10-14-6-4-3-5-7-14/h3-7,11,13,15,17H,2,8-10,12H2,1H3. The van der Waals surface area contributed by atoms with Gasteiger partial charge in [0.15, 0.2) is 0 Å². The number of nitrogens with zero attached hydrogens (tertiary/aromatic N) is 3. The van der Waals surface area contributed by atoms with Crippen molar-refractivity contribution in [2.75, 3.05) is 24.5 Å².